The van der Waals surface area contributed by atoms with Crippen molar-refractivity contribution in [1.29, 1.82) is 0 Å². The standard InChI is InChI=1S/C12H12ClN3OS/c1-6(2)16-5-14-10-11(16)9(15-12(10)17)7-3-4-8(13)18-7/h3-6,9H,1-2H3,(H,15,17). The molecule has 0 aliphatic carbocycles. The van der Waals surface area contributed by atoms with Crippen LogP contribution in [0.5, 0.6) is 0 Å². The maximum atomic E-state index is 11.9. The normalized spacial score (nSPS) is 18.2. The maximum absolute atomic E-state index is 11.9. The topological polar surface area (TPSA) is 46.9 Å². The minimum Gasteiger partial charge on any atom is -0.337 e. The van der Waals surface area contributed by atoms with Gasteiger partial charge in [-0.25, -0.2) is 4.98 Å². The van der Waals surface area contributed by atoms with Crippen LogP contribution in [0, 0.1) is 0 Å². The molecule has 2 aromatic heterocycles. The SMILES string of the molecule is CC(C)n1cnc2c1C(c1ccc(Cl)s1)NC2=O. The lowest BCUT2D eigenvalue weighted by atomic mass is 10.2. The van der Waals surface area contributed by atoms with Crippen LogP contribution in [0.3, 0.4) is 0 Å². The maximum Gasteiger partial charge on any atom is 0.272 e. The molecular weight excluding hydrogens is 270 g/mol. The number of aromatic nitrogens is 2. The highest BCUT2D eigenvalue weighted by Crippen LogP contribution is 2.36. The summed E-state index contributed by atoms with van der Waals surface area (Å²) >= 11 is 7.45. The van der Waals surface area contributed by atoms with E-state index in [2.05, 4.69) is 24.1 Å². The second-order valence-electron chi connectivity index (χ2n) is 4.53. The van der Waals surface area contributed by atoms with Crippen molar-refractivity contribution in [3.8, 4) is 0 Å². The lowest BCUT2D eigenvalue weighted by molar-refractivity contribution is 0.0956. The summed E-state index contributed by atoms with van der Waals surface area (Å²) < 4.78 is 2.76. The van der Waals surface area contributed by atoms with E-state index in [1.54, 1.807) is 6.33 Å². The van der Waals surface area contributed by atoms with E-state index in [0.717, 1.165) is 14.9 Å². The van der Waals surface area contributed by atoms with Crippen LogP contribution in [0.1, 0.15) is 47.0 Å². The third-order valence-corrected chi connectivity index (χ3v) is 4.33. The molecule has 1 atom stereocenters. The van der Waals surface area contributed by atoms with Gasteiger partial charge in [-0.05, 0) is 26.0 Å². The summed E-state index contributed by atoms with van der Waals surface area (Å²) in [4.78, 5) is 17.1. The van der Waals surface area contributed by atoms with Gasteiger partial charge in [0, 0.05) is 10.9 Å². The molecule has 0 fully saturated rings. The molecule has 1 aliphatic rings. The molecule has 94 valence electrons. The van der Waals surface area contributed by atoms with E-state index in [-0.39, 0.29) is 18.0 Å². The molecule has 1 amide bonds. The van der Waals surface area contributed by atoms with Crippen molar-refractivity contribution in [2.45, 2.75) is 25.9 Å². The van der Waals surface area contributed by atoms with Crippen LogP contribution in [-0.4, -0.2) is 15.5 Å². The fourth-order valence-electron chi connectivity index (χ4n) is 2.20. The largest absolute Gasteiger partial charge is 0.337 e. The Kier molecular flexibility index (Phi) is 2.68. The van der Waals surface area contributed by atoms with Crippen LogP contribution in [0.4, 0.5) is 0 Å². The van der Waals surface area contributed by atoms with Gasteiger partial charge in [0.25, 0.3) is 5.91 Å². The van der Waals surface area contributed by atoms with Gasteiger partial charge >= 0.3 is 0 Å². The Labute approximate surface area is 114 Å². The molecule has 1 unspecified atom stereocenters. The fourth-order valence-corrected chi connectivity index (χ4v) is 3.32. The fraction of sp³-hybridized carbons (Fsp3) is 0.333. The number of rotatable bonds is 2. The molecular formula is C12H12ClN3OS. The monoisotopic (exact) mass is 281 g/mol. The van der Waals surface area contributed by atoms with Gasteiger partial charge in [-0.3, -0.25) is 4.79 Å². The minimum absolute atomic E-state index is 0.112. The number of halogens is 1. The second kappa shape index (κ2) is 4.10. The van der Waals surface area contributed by atoms with Gasteiger partial charge in [-0.2, -0.15) is 0 Å². The summed E-state index contributed by atoms with van der Waals surface area (Å²) in [6.07, 6.45) is 1.73. The van der Waals surface area contributed by atoms with E-state index < -0.39 is 0 Å². The summed E-state index contributed by atoms with van der Waals surface area (Å²) in [6, 6.07) is 3.94. The second-order valence-corrected chi connectivity index (χ2v) is 6.27. The number of amides is 1. The van der Waals surface area contributed by atoms with Crippen LogP contribution in [0.2, 0.25) is 4.34 Å². The molecule has 6 heteroatoms. The van der Waals surface area contributed by atoms with E-state index in [0.29, 0.717) is 5.69 Å². The molecule has 3 rings (SSSR count). The Morgan fingerprint density at radius 2 is 2.28 bits per heavy atom. The Bertz CT molecular complexity index is 617. The quantitative estimate of drug-likeness (QED) is 0.920. The van der Waals surface area contributed by atoms with E-state index in [1.807, 2.05) is 16.7 Å². The van der Waals surface area contributed by atoms with E-state index in [1.165, 1.54) is 11.3 Å². The van der Waals surface area contributed by atoms with Gasteiger partial charge in [-0.15, -0.1) is 11.3 Å². The number of imidazole rings is 1. The number of carbonyl (C=O) groups excluding carboxylic acids is 1. The Balaban J connectivity index is 2.12. The van der Waals surface area contributed by atoms with Crippen molar-refractivity contribution in [3.05, 3.63) is 39.1 Å². The Morgan fingerprint density at radius 1 is 1.50 bits per heavy atom. The summed E-state index contributed by atoms with van der Waals surface area (Å²) in [7, 11) is 0. The molecule has 1 aliphatic heterocycles. The zero-order chi connectivity index (χ0) is 12.9. The van der Waals surface area contributed by atoms with Crippen LogP contribution in [-0.2, 0) is 0 Å². The predicted octanol–water partition coefficient (Wildman–Crippen LogP) is 3.01. The first-order valence-corrected chi connectivity index (χ1v) is 6.90. The first-order valence-electron chi connectivity index (χ1n) is 5.70. The molecule has 0 spiro atoms. The lowest BCUT2D eigenvalue weighted by Gasteiger charge is -2.15. The lowest BCUT2D eigenvalue weighted by Crippen LogP contribution is -2.21. The number of nitrogens with zero attached hydrogens (tertiary/aromatic N) is 2. The summed E-state index contributed by atoms with van der Waals surface area (Å²) in [5, 5.41) is 2.95. The molecule has 1 N–H and O–H groups in total. The molecule has 0 bridgehead atoms. The molecule has 3 heterocycles. The number of carbonyl (C=O) groups is 1. The highest BCUT2D eigenvalue weighted by molar-refractivity contribution is 7.16. The smallest absolute Gasteiger partial charge is 0.272 e. The molecule has 0 saturated heterocycles. The number of nitrogens with one attached hydrogen (secondary N) is 1. The molecule has 4 nitrogen and oxygen atoms in total. The van der Waals surface area contributed by atoms with Gasteiger partial charge in [0.15, 0.2) is 5.69 Å². The van der Waals surface area contributed by atoms with E-state index in [9.17, 15) is 4.79 Å². The molecule has 18 heavy (non-hydrogen) atoms. The van der Waals surface area contributed by atoms with Crippen molar-refractivity contribution < 1.29 is 4.79 Å². The third kappa shape index (κ3) is 1.66. The highest BCUT2D eigenvalue weighted by Gasteiger charge is 2.35. The van der Waals surface area contributed by atoms with Crippen LogP contribution in [0.25, 0.3) is 0 Å². The first-order chi connectivity index (χ1) is 8.58. The van der Waals surface area contributed by atoms with Crippen molar-refractivity contribution in [2.24, 2.45) is 0 Å². The minimum atomic E-state index is -0.130. The average Bonchev–Trinajstić information content (AvgIpc) is 2.95. The van der Waals surface area contributed by atoms with E-state index >= 15 is 0 Å². The van der Waals surface area contributed by atoms with Crippen LogP contribution < -0.4 is 5.32 Å². The van der Waals surface area contributed by atoms with Crippen LogP contribution >= 0.6 is 22.9 Å². The van der Waals surface area contributed by atoms with Gasteiger partial charge < -0.3 is 9.88 Å². The van der Waals surface area contributed by atoms with Crippen molar-refractivity contribution in [2.75, 3.05) is 0 Å². The predicted molar refractivity (Wildman–Crippen MR) is 71.3 cm³/mol. The third-order valence-electron chi connectivity index (χ3n) is 3.03. The van der Waals surface area contributed by atoms with Crippen LogP contribution in [0.15, 0.2) is 18.5 Å². The molecule has 0 radical (unpaired) electrons. The van der Waals surface area contributed by atoms with E-state index in [4.69, 9.17) is 11.6 Å². The number of hydrogen-bond acceptors (Lipinski definition) is 3. The van der Waals surface area contributed by atoms with Crippen molar-refractivity contribution >= 4 is 28.8 Å². The van der Waals surface area contributed by atoms with Crippen molar-refractivity contribution in [1.82, 2.24) is 14.9 Å². The Morgan fingerprint density at radius 3 is 2.89 bits per heavy atom. The highest BCUT2D eigenvalue weighted by atomic mass is 35.5. The molecule has 0 saturated carbocycles. The number of fused-ring (bicyclic) bond motifs is 1. The molecule has 0 aromatic carbocycles. The molecule has 2 aromatic rings. The van der Waals surface area contributed by atoms with Crippen molar-refractivity contribution in [3.63, 3.8) is 0 Å². The van der Waals surface area contributed by atoms with Gasteiger partial charge in [0.1, 0.15) is 6.04 Å². The van der Waals surface area contributed by atoms with Gasteiger partial charge in [0.05, 0.1) is 16.4 Å². The number of thiophene rings is 1. The first kappa shape index (κ1) is 11.7. The number of hydrogen-bond donors (Lipinski definition) is 1. The Hall–Kier alpha value is -1.33. The summed E-state index contributed by atoms with van der Waals surface area (Å²) in [6.45, 7) is 4.15. The van der Waals surface area contributed by atoms with Gasteiger partial charge in [-0.1, -0.05) is 11.6 Å². The average molecular weight is 282 g/mol. The zero-order valence-corrected chi connectivity index (χ0v) is 11.5. The summed E-state index contributed by atoms with van der Waals surface area (Å²) in [5.41, 5.74) is 1.46. The zero-order valence-electron chi connectivity index (χ0n) is 9.98. The summed E-state index contributed by atoms with van der Waals surface area (Å²) in [5.74, 6) is -0.112. The van der Waals surface area contributed by atoms with Gasteiger partial charge in [0.2, 0.25) is 0 Å².